The summed E-state index contributed by atoms with van der Waals surface area (Å²) in [6.45, 7) is 2.17. The van der Waals surface area contributed by atoms with Crippen LogP contribution in [0.25, 0.3) is 0 Å². The minimum atomic E-state index is -1.03. The molecule has 1 unspecified atom stereocenters. The SMILES string of the molecule is CC1CCc2c(sc(NC(=O)CCC(=O)O)c2C(=O)Nc2ccc(Cl)cc2)C1. The molecule has 1 aromatic heterocycles. The molecule has 0 spiro atoms. The van der Waals surface area contributed by atoms with E-state index >= 15 is 0 Å². The summed E-state index contributed by atoms with van der Waals surface area (Å²) in [6.07, 6.45) is 2.25. The zero-order valence-corrected chi connectivity index (χ0v) is 17.0. The highest BCUT2D eigenvalue weighted by molar-refractivity contribution is 7.17. The van der Waals surface area contributed by atoms with Crippen molar-refractivity contribution < 1.29 is 19.5 Å². The smallest absolute Gasteiger partial charge is 0.303 e. The number of hydrogen-bond acceptors (Lipinski definition) is 4. The van der Waals surface area contributed by atoms with Gasteiger partial charge in [0.25, 0.3) is 5.91 Å². The van der Waals surface area contributed by atoms with Gasteiger partial charge < -0.3 is 15.7 Å². The highest BCUT2D eigenvalue weighted by Gasteiger charge is 2.28. The summed E-state index contributed by atoms with van der Waals surface area (Å²) in [7, 11) is 0. The third kappa shape index (κ3) is 4.91. The van der Waals surface area contributed by atoms with Crippen molar-refractivity contribution >= 4 is 51.4 Å². The Labute approximate surface area is 171 Å². The molecular formula is C20H21ClN2O4S. The van der Waals surface area contributed by atoms with Gasteiger partial charge in [0.1, 0.15) is 5.00 Å². The molecule has 28 heavy (non-hydrogen) atoms. The number of thiophene rings is 1. The number of aliphatic carboxylic acids is 1. The molecule has 8 heteroatoms. The number of hydrogen-bond donors (Lipinski definition) is 3. The van der Waals surface area contributed by atoms with Gasteiger partial charge in [-0.1, -0.05) is 18.5 Å². The molecule has 0 saturated heterocycles. The Morgan fingerprint density at radius 2 is 1.89 bits per heavy atom. The van der Waals surface area contributed by atoms with Crippen molar-refractivity contribution in [2.75, 3.05) is 10.6 Å². The van der Waals surface area contributed by atoms with Gasteiger partial charge in [-0.25, -0.2) is 0 Å². The van der Waals surface area contributed by atoms with Crippen molar-refractivity contribution in [3.8, 4) is 0 Å². The predicted molar refractivity (Wildman–Crippen MR) is 110 cm³/mol. The van der Waals surface area contributed by atoms with Crippen LogP contribution < -0.4 is 10.6 Å². The Kier molecular flexibility index (Phi) is 6.36. The first-order valence-electron chi connectivity index (χ1n) is 9.06. The largest absolute Gasteiger partial charge is 0.481 e. The third-order valence-electron chi connectivity index (χ3n) is 4.66. The maximum absolute atomic E-state index is 13.0. The second-order valence-corrected chi connectivity index (χ2v) is 8.50. The van der Waals surface area contributed by atoms with E-state index in [2.05, 4.69) is 17.6 Å². The minimum absolute atomic E-state index is 0.132. The van der Waals surface area contributed by atoms with E-state index in [0.29, 0.717) is 27.2 Å². The van der Waals surface area contributed by atoms with E-state index in [1.54, 1.807) is 24.3 Å². The van der Waals surface area contributed by atoms with Gasteiger partial charge in [0, 0.05) is 22.0 Å². The zero-order chi connectivity index (χ0) is 20.3. The van der Waals surface area contributed by atoms with Crippen LogP contribution in [0, 0.1) is 5.92 Å². The van der Waals surface area contributed by atoms with Crippen LogP contribution in [-0.4, -0.2) is 22.9 Å². The van der Waals surface area contributed by atoms with Crippen LogP contribution in [0.15, 0.2) is 24.3 Å². The summed E-state index contributed by atoms with van der Waals surface area (Å²) >= 11 is 7.30. The Hall–Kier alpha value is -2.38. The topological polar surface area (TPSA) is 95.5 Å². The zero-order valence-electron chi connectivity index (χ0n) is 15.4. The maximum Gasteiger partial charge on any atom is 0.303 e. The number of carbonyl (C=O) groups excluding carboxylic acids is 2. The first-order chi connectivity index (χ1) is 13.3. The van der Waals surface area contributed by atoms with Crippen molar-refractivity contribution in [2.24, 2.45) is 5.92 Å². The average Bonchev–Trinajstić information content (AvgIpc) is 2.98. The highest BCUT2D eigenvalue weighted by atomic mass is 35.5. The Balaban J connectivity index is 1.86. The number of carboxylic acids is 1. The summed E-state index contributed by atoms with van der Waals surface area (Å²) < 4.78 is 0. The lowest BCUT2D eigenvalue weighted by atomic mass is 9.88. The van der Waals surface area contributed by atoms with Crippen LogP contribution >= 0.6 is 22.9 Å². The van der Waals surface area contributed by atoms with E-state index in [9.17, 15) is 14.4 Å². The van der Waals surface area contributed by atoms with Gasteiger partial charge in [-0.3, -0.25) is 14.4 Å². The number of carboxylic acid groups (broad SMARTS) is 1. The monoisotopic (exact) mass is 420 g/mol. The quantitative estimate of drug-likeness (QED) is 0.637. The van der Waals surface area contributed by atoms with Crippen LogP contribution in [0.3, 0.4) is 0 Å². The summed E-state index contributed by atoms with van der Waals surface area (Å²) in [4.78, 5) is 37.0. The molecule has 1 aliphatic rings. The molecule has 6 nitrogen and oxygen atoms in total. The van der Waals surface area contributed by atoms with Crippen LogP contribution in [0.5, 0.6) is 0 Å². The highest BCUT2D eigenvalue weighted by Crippen LogP contribution is 2.40. The van der Waals surface area contributed by atoms with E-state index in [-0.39, 0.29) is 18.7 Å². The van der Waals surface area contributed by atoms with Gasteiger partial charge in [-0.15, -0.1) is 11.3 Å². The van der Waals surface area contributed by atoms with E-state index in [4.69, 9.17) is 16.7 Å². The second kappa shape index (κ2) is 8.75. The van der Waals surface area contributed by atoms with Crippen molar-refractivity contribution in [2.45, 2.75) is 39.0 Å². The number of fused-ring (bicyclic) bond motifs is 1. The van der Waals surface area contributed by atoms with Crippen molar-refractivity contribution in [3.05, 3.63) is 45.3 Å². The van der Waals surface area contributed by atoms with Gasteiger partial charge >= 0.3 is 5.97 Å². The fourth-order valence-electron chi connectivity index (χ4n) is 3.22. The number of halogens is 1. The number of amides is 2. The van der Waals surface area contributed by atoms with Gasteiger partial charge in [-0.05, 0) is 55.0 Å². The summed E-state index contributed by atoms with van der Waals surface area (Å²) in [5.74, 6) is -1.21. The Bertz CT molecular complexity index is 908. The van der Waals surface area contributed by atoms with E-state index < -0.39 is 11.9 Å². The molecule has 2 amide bonds. The van der Waals surface area contributed by atoms with Crippen LogP contribution in [-0.2, 0) is 22.4 Å². The molecule has 3 N–H and O–H groups in total. The first-order valence-corrected chi connectivity index (χ1v) is 10.3. The lowest BCUT2D eigenvalue weighted by molar-refractivity contribution is -0.138. The first kappa shape index (κ1) is 20.4. The summed E-state index contributed by atoms with van der Waals surface area (Å²) in [5, 5.41) is 15.4. The maximum atomic E-state index is 13.0. The molecule has 1 aliphatic carbocycles. The minimum Gasteiger partial charge on any atom is -0.481 e. The Morgan fingerprint density at radius 1 is 1.18 bits per heavy atom. The normalized spacial score (nSPS) is 15.6. The average molecular weight is 421 g/mol. The molecule has 1 heterocycles. The molecule has 0 aliphatic heterocycles. The predicted octanol–water partition coefficient (Wildman–Crippen LogP) is 4.58. The molecule has 3 rings (SSSR count). The molecule has 2 aromatic rings. The van der Waals surface area contributed by atoms with Crippen molar-refractivity contribution in [1.82, 2.24) is 0 Å². The summed E-state index contributed by atoms with van der Waals surface area (Å²) in [5.41, 5.74) is 2.07. The molecule has 148 valence electrons. The number of rotatable bonds is 6. The van der Waals surface area contributed by atoms with Gasteiger partial charge in [0.15, 0.2) is 0 Å². The lowest BCUT2D eigenvalue weighted by Crippen LogP contribution is -2.19. The van der Waals surface area contributed by atoms with Crippen LogP contribution in [0.4, 0.5) is 10.7 Å². The fourth-order valence-corrected chi connectivity index (χ4v) is 4.77. The molecule has 0 bridgehead atoms. The number of benzene rings is 1. The summed E-state index contributed by atoms with van der Waals surface area (Å²) in [6, 6.07) is 6.81. The molecule has 0 fully saturated rings. The van der Waals surface area contributed by atoms with Gasteiger partial charge in [0.05, 0.1) is 12.0 Å². The third-order valence-corrected chi connectivity index (χ3v) is 6.08. The molecular weight excluding hydrogens is 400 g/mol. The second-order valence-electron chi connectivity index (χ2n) is 6.96. The fraction of sp³-hybridized carbons (Fsp3) is 0.350. The molecule has 0 radical (unpaired) electrons. The van der Waals surface area contributed by atoms with Crippen LogP contribution in [0.2, 0.25) is 5.02 Å². The molecule has 1 aromatic carbocycles. The van der Waals surface area contributed by atoms with E-state index in [1.807, 2.05) is 0 Å². The van der Waals surface area contributed by atoms with Crippen LogP contribution in [0.1, 0.15) is 47.0 Å². The van der Waals surface area contributed by atoms with Crippen molar-refractivity contribution in [3.63, 3.8) is 0 Å². The molecule has 1 atom stereocenters. The number of nitrogens with one attached hydrogen (secondary N) is 2. The van der Waals surface area contributed by atoms with Gasteiger partial charge in [0.2, 0.25) is 5.91 Å². The molecule has 0 saturated carbocycles. The Morgan fingerprint density at radius 3 is 2.57 bits per heavy atom. The van der Waals surface area contributed by atoms with Gasteiger partial charge in [-0.2, -0.15) is 0 Å². The number of anilines is 2. The van der Waals surface area contributed by atoms with E-state index in [0.717, 1.165) is 29.7 Å². The van der Waals surface area contributed by atoms with Crippen molar-refractivity contribution in [1.29, 1.82) is 0 Å². The standard InChI is InChI=1S/C20H21ClN2O4S/c1-11-2-7-14-15(10-11)28-20(23-16(24)8-9-17(25)26)18(14)19(27)22-13-5-3-12(21)4-6-13/h3-6,11H,2,7-10H2,1H3,(H,22,27)(H,23,24)(H,25,26). The number of carbonyl (C=O) groups is 3. The van der Waals surface area contributed by atoms with E-state index in [1.165, 1.54) is 11.3 Å². The lowest BCUT2D eigenvalue weighted by Gasteiger charge is -2.18.